The molecule has 0 saturated heterocycles. The van der Waals surface area contributed by atoms with E-state index in [0.717, 1.165) is 36.6 Å². The Labute approximate surface area is 198 Å². The van der Waals surface area contributed by atoms with Crippen LogP contribution in [-0.4, -0.2) is 42.6 Å². The monoisotopic (exact) mass is 463 g/mol. The summed E-state index contributed by atoms with van der Waals surface area (Å²) in [5.74, 6) is 0.675. The highest BCUT2D eigenvalue weighted by Crippen LogP contribution is 2.49. The summed E-state index contributed by atoms with van der Waals surface area (Å²) < 4.78 is 0. The number of nitrogens with one attached hydrogen (secondary N) is 1. The van der Waals surface area contributed by atoms with Crippen LogP contribution >= 0.6 is 36.4 Å². The van der Waals surface area contributed by atoms with E-state index in [-0.39, 0.29) is 12.4 Å². The lowest BCUT2D eigenvalue weighted by Crippen LogP contribution is -2.39. The van der Waals surface area contributed by atoms with Crippen molar-refractivity contribution in [2.24, 2.45) is 5.92 Å². The minimum Gasteiger partial charge on any atom is -0.376 e. The lowest BCUT2D eigenvalue weighted by Gasteiger charge is -2.39. The molecule has 0 aliphatic carbocycles. The first-order chi connectivity index (χ1) is 13.9. The summed E-state index contributed by atoms with van der Waals surface area (Å²) in [6.45, 7) is 12.0. The number of thiocarbonyl (C=S) groups is 1. The van der Waals surface area contributed by atoms with Crippen molar-refractivity contribution in [3.05, 3.63) is 48.0 Å². The molecule has 1 unspecified atom stereocenters. The summed E-state index contributed by atoms with van der Waals surface area (Å²) in [5, 5.41) is 3.44. The van der Waals surface area contributed by atoms with Crippen LogP contribution in [0.2, 0.25) is 0 Å². The number of hydrogen-bond acceptors (Lipinski definition) is 4. The normalized spacial score (nSPS) is 13.5. The summed E-state index contributed by atoms with van der Waals surface area (Å²) in [6.07, 6.45) is 1.13. The van der Waals surface area contributed by atoms with Crippen molar-refractivity contribution in [1.82, 2.24) is 10.2 Å². The van der Waals surface area contributed by atoms with E-state index in [0.29, 0.717) is 12.0 Å². The van der Waals surface area contributed by atoms with E-state index in [9.17, 15) is 0 Å². The third-order valence-electron chi connectivity index (χ3n) is 5.39. The van der Waals surface area contributed by atoms with Crippen LogP contribution in [0.25, 0.3) is 0 Å². The third-order valence-corrected chi connectivity index (χ3v) is 6.90. The van der Waals surface area contributed by atoms with Gasteiger partial charge in [0, 0.05) is 34.5 Å². The highest BCUT2D eigenvalue weighted by molar-refractivity contribution is 7.99. The molecule has 30 heavy (non-hydrogen) atoms. The van der Waals surface area contributed by atoms with Gasteiger partial charge in [-0.05, 0) is 57.1 Å². The van der Waals surface area contributed by atoms with Gasteiger partial charge in [-0.15, -0.1) is 12.4 Å². The number of para-hydroxylation sites is 1. The molecule has 3 nitrogen and oxygen atoms in total. The number of fused-ring (bicyclic) bond motifs is 2. The van der Waals surface area contributed by atoms with E-state index >= 15 is 0 Å². The number of halogens is 1. The molecule has 0 aromatic heterocycles. The summed E-state index contributed by atoms with van der Waals surface area (Å²) in [4.78, 5) is 8.32. The van der Waals surface area contributed by atoms with Gasteiger partial charge in [-0.1, -0.05) is 63.0 Å². The smallest absolute Gasteiger partial charge is 0.106 e. The molecule has 3 rings (SSSR count). The van der Waals surface area contributed by atoms with Gasteiger partial charge in [-0.2, -0.15) is 0 Å². The van der Waals surface area contributed by atoms with Gasteiger partial charge in [0.05, 0.1) is 11.4 Å². The number of anilines is 2. The van der Waals surface area contributed by atoms with E-state index in [1.807, 2.05) is 11.8 Å². The average Bonchev–Trinajstić information content (AvgIpc) is 2.70. The van der Waals surface area contributed by atoms with Gasteiger partial charge >= 0.3 is 0 Å². The lowest BCUT2D eigenvalue weighted by atomic mass is 10.1. The molecular weight excluding hydrogens is 430 g/mol. The Hall–Kier alpha value is -1.27. The molecule has 1 aliphatic rings. The third kappa shape index (κ3) is 5.91. The molecule has 0 fully saturated rings. The highest BCUT2D eigenvalue weighted by atomic mass is 35.5. The average molecular weight is 464 g/mol. The van der Waals surface area contributed by atoms with Gasteiger partial charge in [0.15, 0.2) is 0 Å². The predicted octanol–water partition coefficient (Wildman–Crippen LogP) is 6.36. The van der Waals surface area contributed by atoms with Crippen LogP contribution in [0, 0.1) is 5.92 Å². The van der Waals surface area contributed by atoms with E-state index in [4.69, 9.17) is 12.2 Å². The number of likely N-dealkylation sites (N-methyl/N-ethyl adjacent to an activating group) is 1. The van der Waals surface area contributed by atoms with Crippen LogP contribution in [0.1, 0.15) is 39.7 Å². The van der Waals surface area contributed by atoms with E-state index in [1.54, 1.807) is 0 Å². The van der Waals surface area contributed by atoms with E-state index in [1.165, 1.54) is 21.2 Å². The fourth-order valence-corrected chi connectivity index (χ4v) is 4.92. The molecule has 2 aromatic carbocycles. The van der Waals surface area contributed by atoms with Gasteiger partial charge in [-0.3, -0.25) is 0 Å². The second-order valence-electron chi connectivity index (χ2n) is 8.26. The van der Waals surface area contributed by atoms with Crippen LogP contribution in [-0.2, 0) is 0 Å². The van der Waals surface area contributed by atoms with Crippen LogP contribution < -0.4 is 10.2 Å². The molecule has 0 saturated carbocycles. The number of rotatable bonds is 8. The van der Waals surface area contributed by atoms with Crippen molar-refractivity contribution in [1.29, 1.82) is 0 Å². The summed E-state index contributed by atoms with van der Waals surface area (Å²) in [7, 11) is 2.19. The number of hydrogen-bond donors (Lipinski definition) is 1. The molecule has 0 bridgehead atoms. The molecular formula is C24H34ClN3S2. The fourth-order valence-electron chi connectivity index (χ4n) is 3.64. The first kappa shape index (κ1) is 25.0. The second kappa shape index (κ2) is 11.4. The Morgan fingerprint density at radius 2 is 1.80 bits per heavy atom. The fraction of sp³-hybridized carbons (Fsp3) is 0.458. The molecule has 2 aromatic rings. The molecule has 6 heteroatoms. The number of benzene rings is 2. The van der Waals surface area contributed by atoms with Crippen LogP contribution in [0.4, 0.5) is 11.4 Å². The zero-order chi connectivity index (χ0) is 21.0. The predicted molar refractivity (Wildman–Crippen MR) is 138 cm³/mol. The highest BCUT2D eigenvalue weighted by Gasteiger charge is 2.28. The molecule has 0 radical (unpaired) electrons. The Balaban J connectivity index is 0.00000320. The van der Waals surface area contributed by atoms with Gasteiger partial charge in [0.25, 0.3) is 0 Å². The van der Waals surface area contributed by atoms with Gasteiger partial charge in [0.1, 0.15) is 4.99 Å². The molecule has 1 N–H and O–H groups in total. The molecule has 1 atom stereocenters. The zero-order valence-electron chi connectivity index (χ0n) is 18.6. The van der Waals surface area contributed by atoms with Gasteiger partial charge < -0.3 is 15.1 Å². The standard InChI is InChI=1S/C24H33N3S2.ClH/c1-6-26(5)16-18(4)27-20-9-7-8-10-22(20)29-23-12-11-19(15-21(23)27)24(28)25-14-13-17(2)3;/h7-12,15,17-18H,6,13-14,16H2,1-5H3,(H,25,28);1H. The molecule has 0 spiro atoms. The van der Waals surface area contributed by atoms with Crippen LogP contribution in [0.15, 0.2) is 52.3 Å². The number of nitrogens with zero attached hydrogens (tertiary/aromatic N) is 2. The van der Waals surface area contributed by atoms with Crippen molar-refractivity contribution < 1.29 is 0 Å². The first-order valence-corrected chi connectivity index (χ1v) is 11.8. The van der Waals surface area contributed by atoms with Gasteiger partial charge in [0.2, 0.25) is 0 Å². The lowest BCUT2D eigenvalue weighted by molar-refractivity contribution is 0.332. The van der Waals surface area contributed by atoms with Crippen molar-refractivity contribution in [3.8, 4) is 0 Å². The summed E-state index contributed by atoms with van der Waals surface area (Å²) >= 11 is 7.56. The van der Waals surface area contributed by atoms with E-state index in [2.05, 4.69) is 92.3 Å². The van der Waals surface area contributed by atoms with Crippen molar-refractivity contribution >= 4 is 52.8 Å². The van der Waals surface area contributed by atoms with Crippen molar-refractivity contribution in [2.75, 3.05) is 31.6 Å². The second-order valence-corrected chi connectivity index (χ2v) is 9.76. The van der Waals surface area contributed by atoms with Crippen LogP contribution in [0.3, 0.4) is 0 Å². The summed E-state index contributed by atoms with van der Waals surface area (Å²) in [6, 6.07) is 15.7. The van der Waals surface area contributed by atoms with Crippen molar-refractivity contribution in [2.45, 2.75) is 49.9 Å². The molecule has 164 valence electrons. The Bertz CT molecular complexity index is 856. The minimum atomic E-state index is 0. The SMILES string of the molecule is CCN(C)CC(C)N1c2ccccc2Sc2ccc(C(=S)NCCC(C)C)cc21.Cl. The first-order valence-electron chi connectivity index (χ1n) is 10.6. The largest absolute Gasteiger partial charge is 0.376 e. The Morgan fingerprint density at radius 3 is 2.50 bits per heavy atom. The maximum Gasteiger partial charge on any atom is 0.106 e. The molecule has 1 heterocycles. The maximum absolute atomic E-state index is 5.70. The van der Waals surface area contributed by atoms with E-state index < -0.39 is 0 Å². The quantitative estimate of drug-likeness (QED) is 0.457. The molecule has 0 amide bonds. The van der Waals surface area contributed by atoms with Gasteiger partial charge in [-0.25, -0.2) is 0 Å². The topological polar surface area (TPSA) is 18.5 Å². The minimum absolute atomic E-state index is 0. The summed E-state index contributed by atoms with van der Waals surface area (Å²) in [5.41, 5.74) is 3.65. The Kier molecular flexibility index (Phi) is 9.48. The van der Waals surface area contributed by atoms with Crippen molar-refractivity contribution in [3.63, 3.8) is 0 Å². The zero-order valence-corrected chi connectivity index (χ0v) is 21.1. The van der Waals surface area contributed by atoms with Crippen LogP contribution in [0.5, 0.6) is 0 Å². The maximum atomic E-state index is 5.70. The molecule has 1 aliphatic heterocycles. The Morgan fingerprint density at radius 1 is 1.10 bits per heavy atom.